The lowest BCUT2D eigenvalue weighted by atomic mass is 10.0. The van der Waals surface area contributed by atoms with E-state index in [9.17, 15) is 5.11 Å². The van der Waals surface area contributed by atoms with Crippen LogP contribution in [0.3, 0.4) is 0 Å². The number of rotatable bonds is 4. The molecule has 0 amide bonds. The van der Waals surface area contributed by atoms with Crippen molar-refractivity contribution in [2.75, 3.05) is 13.1 Å². The van der Waals surface area contributed by atoms with Crippen LogP contribution in [0, 0.1) is 5.92 Å². The van der Waals surface area contributed by atoms with Gasteiger partial charge in [-0.3, -0.25) is 9.98 Å². The standard InChI is InChI=1S/C16H23N3O/c1-12(2)10-19-8-7-17-14(11-19)13-5-6-15(18-9-13)16(3,4)20/h5-7,9,11-12,20H,8,10H2,1-4H3. The lowest BCUT2D eigenvalue weighted by Gasteiger charge is -2.24. The average molecular weight is 273 g/mol. The second kappa shape index (κ2) is 5.75. The molecule has 1 aliphatic heterocycles. The molecule has 0 radical (unpaired) electrons. The quantitative estimate of drug-likeness (QED) is 0.917. The first kappa shape index (κ1) is 14.7. The summed E-state index contributed by atoms with van der Waals surface area (Å²) in [6, 6.07) is 3.81. The Balaban J connectivity index is 2.18. The van der Waals surface area contributed by atoms with Crippen LogP contribution in [0.15, 0.2) is 29.5 Å². The van der Waals surface area contributed by atoms with Gasteiger partial charge in [-0.15, -0.1) is 0 Å². The lowest BCUT2D eigenvalue weighted by molar-refractivity contribution is 0.0738. The Morgan fingerprint density at radius 2 is 2.10 bits per heavy atom. The maximum atomic E-state index is 9.92. The SMILES string of the molecule is CC(C)CN1C=C(c2ccc(C(C)(C)O)nc2)N=CC1. The highest BCUT2D eigenvalue weighted by atomic mass is 16.3. The van der Waals surface area contributed by atoms with E-state index in [2.05, 4.69) is 34.9 Å². The van der Waals surface area contributed by atoms with Crippen molar-refractivity contribution >= 4 is 11.9 Å². The third-order valence-corrected chi connectivity index (χ3v) is 3.14. The molecular formula is C16H23N3O. The highest BCUT2D eigenvalue weighted by Gasteiger charge is 2.18. The van der Waals surface area contributed by atoms with Gasteiger partial charge in [0.2, 0.25) is 0 Å². The van der Waals surface area contributed by atoms with E-state index in [-0.39, 0.29) is 0 Å². The van der Waals surface area contributed by atoms with Gasteiger partial charge in [0, 0.05) is 30.7 Å². The van der Waals surface area contributed by atoms with E-state index in [1.807, 2.05) is 18.3 Å². The maximum absolute atomic E-state index is 9.92. The minimum atomic E-state index is -0.910. The molecule has 0 unspecified atom stereocenters. The van der Waals surface area contributed by atoms with Gasteiger partial charge >= 0.3 is 0 Å². The number of hydrogen-bond acceptors (Lipinski definition) is 4. The molecule has 1 aromatic rings. The zero-order valence-corrected chi connectivity index (χ0v) is 12.7. The van der Waals surface area contributed by atoms with Crippen molar-refractivity contribution in [2.45, 2.75) is 33.3 Å². The number of aromatic nitrogens is 1. The Labute approximate surface area is 120 Å². The van der Waals surface area contributed by atoms with E-state index >= 15 is 0 Å². The van der Waals surface area contributed by atoms with Gasteiger partial charge in [-0.2, -0.15) is 0 Å². The fourth-order valence-electron chi connectivity index (χ4n) is 2.16. The first-order chi connectivity index (χ1) is 9.36. The summed E-state index contributed by atoms with van der Waals surface area (Å²) in [5, 5.41) is 9.92. The van der Waals surface area contributed by atoms with Crippen molar-refractivity contribution in [3.8, 4) is 0 Å². The fraction of sp³-hybridized carbons (Fsp3) is 0.500. The van der Waals surface area contributed by atoms with Crippen LogP contribution in [0.1, 0.15) is 39.0 Å². The molecule has 0 bridgehead atoms. The monoisotopic (exact) mass is 273 g/mol. The highest BCUT2D eigenvalue weighted by molar-refractivity contribution is 5.76. The van der Waals surface area contributed by atoms with Gasteiger partial charge in [0.25, 0.3) is 0 Å². The minimum Gasteiger partial charge on any atom is -0.384 e. The maximum Gasteiger partial charge on any atom is 0.101 e. The van der Waals surface area contributed by atoms with E-state index in [0.29, 0.717) is 11.6 Å². The molecule has 0 aromatic carbocycles. The Kier molecular flexibility index (Phi) is 4.23. The third kappa shape index (κ3) is 3.67. The van der Waals surface area contributed by atoms with Crippen molar-refractivity contribution in [1.82, 2.24) is 9.88 Å². The van der Waals surface area contributed by atoms with Gasteiger partial charge in [0.05, 0.1) is 17.9 Å². The molecule has 0 saturated carbocycles. The summed E-state index contributed by atoms with van der Waals surface area (Å²) in [6.07, 6.45) is 5.79. The molecule has 4 heteroatoms. The molecule has 4 nitrogen and oxygen atoms in total. The normalized spacial score (nSPS) is 15.7. The molecule has 108 valence electrons. The minimum absolute atomic E-state index is 0.620. The van der Waals surface area contributed by atoms with Gasteiger partial charge in [0.15, 0.2) is 0 Å². The second-order valence-corrected chi connectivity index (χ2v) is 6.16. The third-order valence-electron chi connectivity index (χ3n) is 3.14. The Hall–Kier alpha value is -1.68. The van der Waals surface area contributed by atoms with E-state index < -0.39 is 5.60 Å². The molecule has 2 heterocycles. The van der Waals surface area contributed by atoms with Crippen molar-refractivity contribution in [3.63, 3.8) is 0 Å². The Morgan fingerprint density at radius 3 is 2.65 bits per heavy atom. The number of nitrogens with zero attached hydrogens (tertiary/aromatic N) is 3. The highest BCUT2D eigenvalue weighted by Crippen LogP contribution is 2.22. The predicted molar refractivity (Wildman–Crippen MR) is 82.4 cm³/mol. The number of pyridine rings is 1. The first-order valence-corrected chi connectivity index (χ1v) is 7.04. The van der Waals surface area contributed by atoms with Gasteiger partial charge in [-0.1, -0.05) is 13.8 Å². The van der Waals surface area contributed by atoms with Crippen molar-refractivity contribution in [1.29, 1.82) is 0 Å². The zero-order valence-electron chi connectivity index (χ0n) is 12.7. The van der Waals surface area contributed by atoms with Crippen LogP contribution in [0.4, 0.5) is 0 Å². The van der Waals surface area contributed by atoms with E-state index in [1.54, 1.807) is 20.0 Å². The second-order valence-electron chi connectivity index (χ2n) is 6.16. The van der Waals surface area contributed by atoms with Crippen LogP contribution >= 0.6 is 0 Å². The van der Waals surface area contributed by atoms with E-state index in [4.69, 9.17) is 0 Å². The summed E-state index contributed by atoms with van der Waals surface area (Å²) in [5.74, 6) is 0.620. The van der Waals surface area contributed by atoms with Crippen LogP contribution < -0.4 is 0 Å². The fourth-order valence-corrected chi connectivity index (χ4v) is 2.16. The van der Waals surface area contributed by atoms with Gasteiger partial charge in [0.1, 0.15) is 5.60 Å². The summed E-state index contributed by atoms with van der Waals surface area (Å²) >= 11 is 0. The molecule has 0 fully saturated rings. The van der Waals surface area contributed by atoms with Crippen molar-refractivity contribution in [3.05, 3.63) is 35.8 Å². The van der Waals surface area contributed by atoms with Crippen molar-refractivity contribution in [2.24, 2.45) is 10.9 Å². The molecule has 1 aliphatic rings. The Bertz CT molecular complexity index is 510. The molecule has 0 aliphatic carbocycles. The van der Waals surface area contributed by atoms with Crippen LogP contribution in [-0.2, 0) is 5.60 Å². The molecule has 0 atom stereocenters. The van der Waals surface area contributed by atoms with Crippen LogP contribution in [0.5, 0.6) is 0 Å². The average Bonchev–Trinajstić information content (AvgIpc) is 2.37. The zero-order chi connectivity index (χ0) is 14.8. The summed E-state index contributed by atoms with van der Waals surface area (Å²) in [6.45, 7) is 9.76. The topological polar surface area (TPSA) is 48.7 Å². The van der Waals surface area contributed by atoms with Crippen molar-refractivity contribution < 1.29 is 5.11 Å². The van der Waals surface area contributed by atoms with Crippen LogP contribution in [0.25, 0.3) is 5.70 Å². The van der Waals surface area contributed by atoms with Gasteiger partial charge in [-0.25, -0.2) is 0 Å². The molecule has 1 N–H and O–H groups in total. The summed E-state index contributed by atoms with van der Waals surface area (Å²) in [7, 11) is 0. The van der Waals surface area contributed by atoms with Crippen LogP contribution in [-0.4, -0.2) is 34.3 Å². The summed E-state index contributed by atoms with van der Waals surface area (Å²) < 4.78 is 0. The molecule has 20 heavy (non-hydrogen) atoms. The largest absolute Gasteiger partial charge is 0.384 e. The summed E-state index contributed by atoms with van der Waals surface area (Å²) in [5.41, 5.74) is 1.65. The lowest BCUT2D eigenvalue weighted by Crippen LogP contribution is -2.26. The smallest absolute Gasteiger partial charge is 0.101 e. The Morgan fingerprint density at radius 1 is 1.35 bits per heavy atom. The van der Waals surface area contributed by atoms with Crippen LogP contribution in [0.2, 0.25) is 0 Å². The molecule has 2 rings (SSSR count). The number of aliphatic hydroxyl groups is 1. The molecular weight excluding hydrogens is 250 g/mol. The molecule has 0 saturated heterocycles. The molecule has 1 aromatic heterocycles. The number of hydrogen-bond donors (Lipinski definition) is 1. The predicted octanol–water partition coefficient (Wildman–Crippen LogP) is 2.65. The summed E-state index contributed by atoms with van der Waals surface area (Å²) in [4.78, 5) is 11.0. The van der Waals surface area contributed by atoms with Gasteiger partial charge in [-0.05, 0) is 31.9 Å². The van der Waals surface area contributed by atoms with E-state index in [0.717, 1.165) is 24.4 Å². The van der Waals surface area contributed by atoms with Gasteiger partial charge < -0.3 is 10.0 Å². The van der Waals surface area contributed by atoms with E-state index in [1.165, 1.54) is 0 Å². The number of aliphatic imine (C=N–C) groups is 1. The first-order valence-electron chi connectivity index (χ1n) is 7.04. The molecule has 0 spiro atoms.